The average molecular weight is 532 g/mol. The highest BCUT2D eigenvalue weighted by molar-refractivity contribution is 7.22. The van der Waals surface area contributed by atoms with E-state index in [-0.39, 0.29) is 30.2 Å². The van der Waals surface area contributed by atoms with Gasteiger partial charge in [0.25, 0.3) is 0 Å². The van der Waals surface area contributed by atoms with E-state index >= 15 is 0 Å². The molecule has 196 valence electrons. The molecule has 1 N–H and O–H groups in total. The summed E-state index contributed by atoms with van der Waals surface area (Å²) in [6, 6.07) is 12.2. The van der Waals surface area contributed by atoms with Crippen LogP contribution in [0.1, 0.15) is 50.2 Å². The monoisotopic (exact) mass is 531 g/mol. The molecule has 3 aromatic heterocycles. The summed E-state index contributed by atoms with van der Waals surface area (Å²) in [5.41, 5.74) is 3.23. The molecule has 1 saturated carbocycles. The fourth-order valence-corrected chi connectivity index (χ4v) is 5.33. The van der Waals surface area contributed by atoms with Gasteiger partial charge < -0.3 is 10.1 Å². The fraction of sp³-hybridized carbons (Fsp3) is 0.333. The molecule has 0 bridgehead atoms. The van der Waals surface area contributed by atoms with E-state index in [0.717, 1.165) is 58.7 Å². The number of thiophene rings is 1. The quantitative estimate of drug-likeness (QED) is 0.153. The molecule has 0 atom stereocenters. The van der Waals surface area contributed by atoms with Gasteiger partial charge in [0.05, 0.1) is 27.2 Å². The molecule has 0 amide bonds. The molecule has 0 unspecified atom stereocenters. The second-order valence-electron chi connectivity index (χ2n) is 9.81. The Kier molecular flexibility index (Phi) is 8.20. The minimum absolute atomic E-state index is 0.0231. The standard InChI is InChI=1S/C30H30FN3O3S/c1-2-10-32-17-21-5-7-25(34-18-21)29-16-26-30(38-29)28(9-11-33-26)37-27-8-6-20(14-24(27)31)13-23(36)15-22(35)12-19-3-4-19/h5-9,11,14,16,18-19,32H,2-4,10,12-13,15,17H2,1H3. The van der Waals surface area contributed by atoms with E-state index in [4.69, 9.17) is 4.74 Å². The van der Waals surface area contributed by atoms with Crippen molar-refractivity contribution in [2.45, 2.75) is 52.0 Å². The lowest BCUT2D eigenvalue weighted by atomic mass is 10.0. The zero-order chi connectivity index (χ0) is 26.5. The first kappa shape index (κ1) is 26.1. The number of rotatable bonds is 13. The lowest BCUT2D eigenvalue weighted by Gasteiger charge is -2.09. The largest absolute Gasteiger partial charge is 0.453 e. The van der Waals surface area contributed by atoms with Gasteiger partial charge in [-0.2, -0.15) is 0 Å². The predicted octanol–water partition coefficient (Wildman–Crippen LogP) is 6.66. The van der Waals surface area contributed by atoms with Crippen molar-refractivity contribution < 1.29 is 18.7 Å². The first-order valence-corrected chi connectivity index (χ1v) is 13.8. The lowest BCUT2D eigenvalue weighted by molar-refractivity contribution is -0.126. The van der Waals surface area contributed by atoms with Crippen LogP contribution in [0, 0.1) is 11.7 Å². The number of Topliss-reactive ketones (excluding diaryl/α,β-unsaturated/α-hetero) is 2. The molecule has 1 fully saturated rings. The Morgan fingerprint density at radius 2 is 1.89 bits per heavy atom. The van der Waals surface area contributed by atoms with Gasteiger partial charge in [-0.1, -0.05) is 19.1 Å². The van der Waals surface area contributed by atoms with Gasteiger partial charge in [-0.15, -0.1) is 11.3 Å². The number of pyridine rings is 2. The molecular formula is C30H30FN3O3S. The minimum atomic E-state index is -0.560. The number of nitrogens with one attached hydrogen (secondary N) is 1. The highest BCUT2D eigenvalue weighted by Gasteiger charge is 2.25. The van der Waals surface area contributed by atoms with Crippen molar-refractivity contribution in [3.05, 3.63) is 71.8 Å². The Bertz CT molecular complexity index is 1450. The van der Waals surface area contributed by atoms with E-state index in [1.54, 1.807) is 18.3 Å². The Morgan fingerprint density at radius 3 is 2.63 bits per heavy atom. The number of hydrogen-bond acceptors (Lipinski definition) is 7. The number of ether oxygens (including phenoxy) is 1. The van der Waals surface area contributed by atoms with Crippen molar-refractivity contribution in [1.29, 1.82) is 0 Å². The van der Waals surface area contributed by atoms with Crippen LogP contribution in [-0.2, 0) is 22.6 Å². The van der Waals surface area contributed by atoms with Crippen molar-refractivity contribution in [2.75, 3.05) is 6.54 Å². The van der Waals surface area contributed by atoms with Crippen LogP contribution in [-0.4, -0.2) is 28.1 Å². The lowest BCUT2D eigenvalue weighted by Crippen LogP contribution is -2.13. The summed E-state index contributed by atoms with van der Waals surface area (Å²) in [4.78, 5) is 34.2. The molecular weight excluding hydrogens is 501 g/mol. The Morgan fingerprint density at radius 1 is 1.05 bits per heavy atom. The van der Waals surface area contributed by atoms with Gasteiger partial charge in [0, 0.05) is 37.8 Å². The van der Waals surface area contributed by atoms with Gasteiger partial charge in [-0.25, -0.2) is 4.39 Å². The summed E-state index contributed by atoms with van der Waals surface area (Å²) >= 11 is 1.49. The number of carbonyl (C=O) groups is 2. The van der Waals surface area contributed by atoms with Crippen molar-refractivity contribution in [2.24, 2.45) is 5.92 Å². The summed E-state index contributed by atoms with van der Waals surface area (Å²) in [6.45, 7) is 3.88. The number of hydrogen-bond donors (Lipinski definition) is 1. The van der Waals surface area contributed by atoms with Crippen LogP contribution in [0.5, 0.6) is 11.5 Å². The molecule has 0 saturated heterocycles. The molecule has 8 heteroatoms. The first-order chi connectivity index (χ1) is 18.5. The molecule has 1 aliphatic rings. The molecule has 1 aliphatic carbocycles. The highest BCUT2D eigenvalue weighted by atomic mass is 32.1. The number of fused-ring (bicyclic) bond motifs is 1. The molecule has 0 aliphatic heterocycles. The van der Waals surface area contributed by atoms with Crippen LogP contribution in [0.2, 0.25) is 0 Å². The maximum absolute atomic E-state index is 14.9. The third kappa shape index (κ3) is 6.68. The summed E-state index contributed by atoms with van der Waals surface area (Å²) in [7, 11) is 0. The molecule has 38 heavy (non-hydrogen) atoms. The molecule has 5 rings (SSSR count). The van der Waals surface area contributed by atoms with E-state index in [2.05, 4.69) is 28.3 Å². The van der Waals surface area contributed by atoms with Gasteiger partial charge >= 0.3 is 0 Å². The van der Waals surface area contributed by atoms with Gasteiger partial charge in [-0.3, -0.25) is 19.6 Å². The number of aromatic nitrogens is 2. The van der Waals surface area contributed by atoms with Gasteiger partial charge in [0.15, 0.2) is 11.6 Å². The second-order valence-corrected chi connectivity index (χ2v) is 10.9. The Labute approximate surface area is 225 Å². The summed E-state index contributed by atoms with van der Waals surface area (Å²) in [6.07, 6.45) is 7.16. The molecule has 6 nitrogen and oxygen atoms in total. The second kappa shape index (κ2) is 11.9. The zero-order valence-electron chi connectivity index (χ0n) is 21.3. The Balaban J connectivity index is 1.26. The summed E-state index contributed by atoms with van der Waals surface area (Å²) in [5.74, 6) is 0.249. The molecule has 4 aromatic rings. The van der Waals surface area contributed by atoms with Crippen molar-refractivity contribution in [3.8, 4) is 22.1 Å². The zero-order valence-corrected chi connectivity index (χ0v) is 22.2. The van der Waals surface area contributed by atoms with Crippen LogP contribution < -0.4 is 10.1 Å². The maximum Gasteiger partial charge on any atom is 0.166 e. The molecule has 1 aromatic carbocycles. The van der Waals surface area contributed by atoms with E-state index < -0.39 is 5.82 Å². The normalized spacial score (nSPS) is 13.1. The SMILES string of the molecule is CCCNCc1ccc(-c2cc3nccc(Oc4ccc(CC(=O)CC(=O)CC5CC5)cc4F)c3s2)nc1. The van der Waals surface area contributed by atoms with Crippen molar-refractivity contribution in [3.63, 3.8) is 0 Å². The van der Waals surface area contributed by atoms with Crippen LogP contribution >= 0.6 is 11.3 Å². The number of ketones is 2. The number of benzene rings is 1. The number of carbonyl (C=O) groups excluding carboxylic acids is 2. The summed E-state index contributed by atoms with van der Waals surface area (Å²) in [5, 5.41) is 3.37. The van der Waals surface area contributed by atoms with Gasteiger partial charge in [0.1, 0.15) is 17.3 Å². The molecule has 0 radical (unpaired) electrons. The van der Waals surface area contributed by atoms with Crippen molar-refractivity contribution >= 4 is 33.1 Å². The number of nitrogens with zero attached hydrogens (tertiary/aromatic N) is 2. The van der Waals surface area contributed by atoms with Crippen LogP contribution in [0.15, 0.2) is 54.9 Å². The molecule has 0 spiro atoms. The fourth-order valence-electron chi connectivity index (χ4n) is 4.29. The highest BCUT2D eigenvalue weighted by Crippen LogP contribution is 2.39. The predicted molar refractivity (Wildman–Crippen MR) is 147 cm³/mol. The number of halogens is 1. The Hall–Kier alpha value is -3.49. The van der Waals surface area contributed by atoms with Crippen LogP contribution in [0.4, 0.5) is 4.39 Å². The third-order valence-corrected chi connectivity index (χ3v) is 7.60. The third-order valence-electron chi connectivity index (χ3n) is 6.43. The van der Waals surface area contributed by atoms with Gasteiger partial charge in [-0.05, 0) is 67.1 Å². The minimum Gasteiger partial charge on any atom is -0.453 e. The summed E-state index contributed by atoms with van der Waals surface area (Å²) < 4.78 is 21.7. The topological polar surface area (TPSA) is 81.2 Å². The smallest absolute Gasteiger partial charge is 0.166 e. The van der Waals surface area contributed by atoms with E-state index in [1.165, 1.54) is 23.5 Å². The van der Waals surface area contributed by atoms with E-state index in [0.29, 0.717) is 23.7 Å². The van der Waals surface area contributed by atoms with E-state index in [9.17, 15) is 14.0 Å². The average Bonchev–Trinajstić information content (AvgIpc) is 3.59. The first-order valence-electron chi connectivity index (χ1n) is 13.0. The van der Waals surface area contributed by atoms with Crippen LogP contribution in [0.3, 0.4) is 0 Å². The van der Waals surface area contributed by atoms with Gasteiger partial charge in [0.2, 0.25) is 0 Å². The maximum atomic E-state index is 14.9. The van der Waals surface area contributed by atoms with Crippen LogP contribution in [0.25, 0.3) is 20.8 Å². The van der Waals surface area contributed by atoms with Crippen molar-refractivity contribution in [1.82, 2.24) is 15.3 Å². The molecule has 3 heterocycles. The van der Waals surface area contributed by atoms with E-state index in [1.807, 2.05) is 18.3 Å².